The minimum absolute atomic E-state index is 0.266. The summed E-state index contributed by atoms with van der Waals surface area (Å²) >= 11 is 3.34. The van der Waals surface area contributed by atoms with Crippen LogP contribution in [0.4, 0.5) is 0 Å². The molecule has 0 bridgehead atoms. The second kappa shape index (κ2) is 9.01. The number of carbonyl (C=O) groups excluding carboxylic acids is 2. The maximum Gasteiger partial charge on any atom is 0.340 e. The summed E-state index contributed by atoms with van der Waals surface area (Å²) in [6.45, 7) is 4.86. The van der Waals surface area contributed by atoms with E-state index in [1.165, 1.54) is 9.75 Å². The fourth-order valence-electron chi connectivity index (χ4n) is 2.85. The zero-order valence-electron chi connectivity index (χ0n) is 15.4. The predicted molar refractivity (Wildman–Crippen MR) is 109 cm³/mol. The fourth-order valence-corrected chi connectivity index (χ4v) is 4.25. The third-order valence-corrected chi connectivity index (χ3v) is 6.09. The summed E-state index contributed by atoms with van der Waals surface area (Å²) in [7, 11) is 0. The monoisotopic (exact) mass is 402 g/mol. The molecule has 7 heteroatoms. The normalized spacial score (nSPS) is 10.7. The highest BCUT2D eigenvalue weighted by molar-refractivity contribution is 7.10. The van der Waals surface area contributed by atoms with Crippen LogP contribution >= 0.6 is 22.7 Å². The van der Waals surface area contributed by atoms with E-state index in [1.807, 2.05) is 48.9 Å². The molecule has 1 N–H and O–H groups in total. The van der Waals surface area contributed by atoms with Crippen molar-refractivity contribution >= 4 is 34.6 Å². The molecule has 0 radical (unpaired) electrons. The Bertz CT molecular complexity index is 896. The van der Waals surface area contributed by atoms with Gasteiger partial charge in [0.05, 0.1) is 12.1 Å². The summed E-state index contributed by atoms with van der Waals surface area (Å²) in [6.07, 6.45) is 0.779. The van der Waals surface area contributed by atoms with Gasteiger partial charge < -0.3 is 14.6 Å². The Kier molecular flexibility index (Phi) is 6.47. The van der Waals surface area contributed by atoms with E-state index >= 15 is 0 Å². The minimum Gasteiger partial charge on any atom is -0.452 e. The summed E-state index contributed by atoms with van der Waals surface area (Å²) < 4.78 is 7.29. The number of amides is 1. The zero-order chi connectivity index (χ0) is 19.2. The van der Waals surface area contributed by atoms with Crippen LogP contribution in [0.1, 0.15) is 31.5 Å². The fraction of sp³-hybridized carbons (Fsp3) is 0.300. The van der Waals surface area contributed by atoms with Gasteiger partial charge in [0.1, 0.15) is 0 Å². The maximum absolute atomic E-state index is 12.4. The average Bonchev–Trinajstić information content (AvgIpc) is 3.39. The first-order valence-corrected chi connectivity index (χ1v) is 10.5. The molecule has 27 heavy (non-hydrogen) atoms. The molecule has 0 saturated carbocycles. The number of aryl methyl sites for hydroxylation is 1. The number of hydrogen-bond donors (Lipinski definition) is 1. The summed E-state index contributed by atoms with van der Waals surface area (Å²) in [5, 5.41) is 6.82. The van der Waals surface area contributed by atoms with Crippen LogP contribution in [0.2, 0.25) is 0 Å². The highest BCUT2D eigenvalue weighted by atomic mass is 32.1. The molecule has 0 fully saturated rings. The molecule has 0 unspecified atom stereocenters. The standard InChI is InChI=1S/C20H22N2O3S2/c1-14-11-18(15(2)22(14)12-17-6-4-10-27-17)20(24)25-13-19(23)21-8-7-16-5-3-9-26-16/h3-6,9-11H,7-8,12-13H2,1-2H3,(H,21,23). The molecule has 0 saturated heterocycles. The number of aromatic nitrogens is 1. The lowest BCUT2D eigenvalue weighted by Gasteiger charge is -2.09. The smallest absolute Gasteiger partial charge is 0.340 e. The largest absolute Gasteiger partial charge is 0.452 e. The zero-order valence-corrected chi connectivity index (χ0v) is 17.0. The van der Waals surface area contributed by atoms with E-state index in [0.717, 1.165) is 24.4 Å². The molecule has 0 spiro atoms. The summed E-state index contributed by atoms with van der Waals surface area (Å²) in [5.41, 5.74) is 2.35. The highest BCUT2D eigenvalue weighted by Gasteiger charge is 2.18. The van der Waals surface area contributed by atoms with Gasteiger partial charge in [0.25, 0.3) is 5.91 Å². The Morgan fingerprint density at radius 3 is 2.48 bits per heavy atom. The van der Waals surface area contributed by atoms with Crippen molar-refractivity contribution in [3.63, 3.8) is 0 Å². The second-order valence-corrected chi connectivity index (χ2v) is 8.27. The van der Waals surface area contributed by atoms with E-state index < -0.39 is 5.97 Å². The Labute approximate surface area is 166 Å². The molecule has 0 aliphatic carbocycles. The van der Waals surface area contributed by atoms with Crippen molar-refractivity contribution in [3.05, 3.63) is 67.8 Å². The van der Waals surface area contributed by atoms with Crippen LogP contribution in [0.25, 0.3) is 0 Å². The van der Waals surface area contributed by atoms with Crippen LogP contribution in [-0.4, -0.2) is 29.6 Å². The van der Waals surface area contributed by atoms with Crippen molar-refractivity contribution < 1.29 is 14.3 Å². The SMILES string of the molecule is Cc1cc(C(=O)OCC(=O)NCCc2cccs2)c(C)n1Cc1cccs1. The molecular formula is C20H22N2O3S2. The average molecular weight is 403 g/mol. The Morgan fingerprint density at radius 1 is 1.11 bits per heavy atom. The first-order valence-electron chi connectivity index (χ1n) is 8.70. The quantitative estimate of drug-likeness (QED) is 0.583. The Morgan fingerprint density at radius 2 is 1.81 bits per heavy atom. The number of ether oxygens (including phenoxy) is 1. The Balaban J connectivity index is 1.51. The third kappa shape index (κ3) is 5.08. The van der Waals surface area contributed by atoms with E-state index in [-0.39, 0.29) is 12.5 Å². The van der Waals surface area contributed by atoms with E-state index in [4.69, 9.17) is 4.74 Å². The van der Waals surface area contributed by atoms with Gasteiger partial charge >= 0.3 is 5.97 Å². The van der Waals surface area contributed by atoms with Gasteiger partial charge in [0.2, 0.25) is 0 Å². The molecule has 3 heterocycles. The van der Waals surface area contributed by atoms with Gasteiger partial charge in [-0.05, 0) is 49.2 Å². The van der Waals surface area contributed by atoms with Gasteiger partial charge in [0, 0.05) is 27.7 Å². The molecule has 1 amide bonds. The number of nitrogens with zero attached hydrogens (tertiary/aromatic N) is 1. The lowest BCUT2D eigenvalue weighted by molar-refractivity contribution is -0.124. The van der Waals surface area contributed by atoms with Crippen molar-refractivity contribution in [2.75, 3.05) is 13.2 Å². The van der Waals surface area contributed by atoms with Gasteiger partial charge in [-0.25, -0.2) is 4.79 Å². The van der Waals surface area contributed by atoms with Crippen LogP contribution in [0.5, 0.6) is 0 Å². The summed E-state index contributed by atoms with van der Waals surface area (Å²) in [6, 6.07) is 9.92. The molecule has 5 nitrogen and oxygen atoms in total. The van der Waals surface area contributed by atoms with Gasteiger partial charge in [-0.3, -0.25) is 4.79 Å². The highest BCUT2D eigenvalue weighted by Crippen LogP contribution is 2.20. The molecule has 0 atom stereocenters. The van der Waals surface area contributed by atoms with Crippen molar-refractivity contribution in [1.29, 1.82) is 0 Å². The first-order chi connectivity index (χ1) is 13.0. The molecular weight excluding hydrogens is 380 g/mol. The molecule has 0 aromatic carbocycles. The second-order valence-electron chi connectivity index (χ2n) is 6.21. The lowest BCUT2D eigenvalue weighted by atomic mass is 10.2. The van der Waals surface area contributed by atoms with Gasteiger partial charge in [-0.15, -0.1) is 22.7 Å². The number of nitrogens with one attached hydrogen (secondary N) is 1. The predicted octanol–water partition coefficient (Wildman–Crippen LogP) is 3.79. The van der Waals surface area contributed by atoms with Crippen LogP contribution in [0, 0.1) is 13.8 Å². The molecule has 3 aromatic rings. The Hall–Kier alpha value is -2.38. The van der Waals surface area contributed by atoms with Crippen molar-refractivity contribution in [2.24, 2.45) is 0 Å². The van der Waals surface area contributed by atoms with Crippen molar-refractivity contribution in [1.82, 2.24) is 9.88 Å². The summed E-state index contributed by atoms with van der Waals surface area (Å²) in [4.78, 5) is 26.7. The van der Waals surface area contributed by atoms with E-state index in [9.17, 15) is 9.59 Å². The van der Waals surface area contributed by atoms with Crippen molar-refractivity contribution in [2.45, 2.75) is 26.8 Å². The van der Waals surface area contributed by atoms with Crippen LogP contribution in [-0.2, 0) is 22.5 Å². The number of carbonyl (C=O) groups is 2. The van der Waals surface area contributed by atoms with Gasteiger partial charge in [-0.1, -0.05) is 12.1 Å². The molecule has 142 valence electrons. The van der Waals surface area contributed by atoms with E-state index in [2.05, 4.69) is 16.0 Å². The van der Waals surface area contributed by atoms with Crippen LogP contribution in [0.15, 0.2) is 41.1 Å². The number of esters is 1. The number of hydrogen-bond acceptors (Lipinski definition) is 5. The summed E-state index contributed by atoms with van der Waals surface area (Å²) in [5.74, 6) is -0.749. The van der Waals surface area contributed by atoms with Crippen LogP contribution in [0.3, 0.4) is 0 Å². The third-order valence-electron chi connectivity index (χ3n) is 4.30. The number of rotatable bonds is 8. The first kappa shape index (κ1) is 19.4. The van der Waals surface area contributed by atoms with Crippen molar-refractivity contribution in [3.8, 4) is 0 Å². The molecule has 0 aliphatic heterocycles. The molecule has 3 aromatic heterocycles. The number of thiophene rings is 2. The van der Waals surface area contributed by atoms with E-state index in [0.29, 0.717) is 12.1 Å². The maximum atomic E-state index is 12.4. The minimum atomic E-state index is -0.464. The molecule has 0 aliphatic rings. The van der Waals surface area contributed by atoms with Crippen LogP contribution < -0.4 is 5.32 Å². The molecule has 3 rings (SSSR count). The topological polar surface area (TPSA) is 60.3 Å². The lowest BCUT2D eigenvalue weighted by Crippen LogP contribution is -2.30. The van der Waals surface area contributed by atoms with E-state index in [1.54, 1.807) is 22.7 Å². The van der Waals surface area contributed by atoms with Gasteiger partial charge in [0.15, 0.2) is 6.61 Å². The van der Waals surface area contributed by atoms with Gasteiger partial charge in [-0.2, -0.15) is 0 Å².